The van der Waals surface area contributed by atoms with Crippen molar-refractivity contribution in [2.24, 2.45) is 7.05 Å². The molecule has 0 radical (unpaired) electrons. The quantitative estimate of drug-likeness (QED) is 0.339. The molecule has 5 heterocycles. The highest BCUT2D eigenvalue weighted by molar-refractivity contribution is 5.61. The van der Waals surface area contributed by atoms with Gasteiger partial charge in [0, 0.05) is 31.1 Å². The van der Waals surface area contributed by atoms with Gasteiger partial charge in [-0.05, 0) is 23.4 Å². The number of pyridine rings is 2. The molecule has 0 saturated heterocycles. The van der Waals surface area contributed by atoms with Gasteiger partial charge in [-0.3, -0.25) is 9.67 Å². The van der Waals surface area contributed by atoms with Crippen LogP contribution in [-0.4, -0.2) is 50.1 Å². The second-order valence-corrected chi connectivity index (χ2v) is 7.23. The van der Waals surface area contributed by atoms with Crippen molar-refractivity contribution in [1.82, 2.24) is 50.1 Å². The maximum Gasteiger partial charge on any atom is 0.417 e. The van der Waals surface area contributed by atoms with E-state index in [0.717, 1.165) is 12.1 Å². The Morgan fingerprint density at radius 3 is 2.71 bits per heavy atom. The highest BCUT2D eigenvalue weighted by atomic mass is 19.4. The molecule has 0 unspecified atom stereocenters. The number of hydrogen-bond acceptors (Lipinski definition) is 10. The first-order chi connectivity index (χ1) is 16.9. The third-order valence-electron chi connectivity index (χ3n) is 4.91. The van der Waals surface area contributed by atoms with E-state index in [2.05, 4.69) is 40.6 Å². The summed E-state index contributed by atoms with van der Waals surface area (Å²) in [5, 5.41) is 19.7. The van der Waals surface area contributed by atoms with E-state index in [4.69, 9.17) is 9.26 Å². The highest BCUT2D eigenvalue weighted by Gasteiger charge is 2.30. The van der Waals surface area contributed by atoms with Crippen LogP contribution in [0, 0.1) is 0 Å². The van der Waals surface area contributed by atoms with E-state index in [1.165, 1.54) is 17.3 Å². The number of halogens is 3. The molecule has 12 nitrogen and oxygen atoms in total. The fourth-order valence-corrected chi connectivity index (χ4v) is 3.15. The molecule has 0 atom stereocenters. The Bertz CT molecular complexity index is 1430. The molecule has 0 aromatic carbocycles. The molecule has 0 aliphatic rings. The average Bonchev–Trinajstić information content (AvgIpc) is 3.59. The van der Waals surface area contributed by atoms with Gasteiger partial charge in [0.25, 0.3) is 5.89 Å². The van der Waals surface area contributed by atoms with Crippen LogP contribution in [0.3, 0.4) is 0 Å². The SMILES string of the molecule is Cn1ncc(-c2nc(-c3ccnc(Cn4ncnn4)c3)no2)c1COc1ccc(C(F)(F)F)cn1. The maximum absolute atomic E-state index is 12.7. The molecule has 5 rings (SSSR count). The van der Waals surface area contributed by atoms with E-state index in [1.807, 2.05) is 0 Å². The Morgan fingerprint density at radius 2 is 1.97 bits per heavy atom. The minimum Gasteiger partial charge on any atom is -0.471 e. The lowest BCUT2D eigenvalue weighted by atomic mass is 10.2. The number of aryl methyl sites for hydroxylation is 1. The zero-order valence-electron chi connectivity index (χ0n) is 18.0. The Kier molecular flexibility index (Phi) is 5.64. The lowest BCUT2D eigenvalue weighted by Crippen LogP contribution is -2.07. The van der Waals surface area contributed by atoms with E-state index in [1.54, 1.807) is 30.1 Å². The number of rotatable bonds is 7. The van der Waals surface area contributed by atoms with Crippen LogP contribution >= 0.6 is 0 Å². The minimum absolute atomic E-state index is 0.0301. The molecule has 0 aliphatic carbocycles. The average molecular weight is 484 g/mol. The Labute approximate surface area is 194 Å². The van der Waals surface area contributed by atoms with Gasteiger partial charge in [-0.1, -0.05) is 5.16 Å². The van der Waals surface area contributed by atoms with E-state index in [9.17, 15) is 13.2 Å². The van der Waals surface area contributed by atoms with E-state index < -0.39 is 11.7 Å². The van der Waals surface area contributed by atoms with Crippen molar-refractivity contribution in [2.45, 2.75) is 19.3 Å². The summed E-state index contributed by atoms with van der Waals surface area (Å²) in [4.78, 5) is 13.8. The van der Waals surface area contributed by atoms with Crippen molar-refractivity contribution in [2.75, 3.05) is 0 Å². The van der Waals surface area contributed by atoms with Crippen LogP contribution in [-0.2, 0) is 26.4 Å². The summed E-state index contributed by atoms with van der Waals surface area (Å²) in [6.07, 6.45) is 0.714. The van der Waals surface area contributed by atoms with Crippen molar-refractivity contribution < 1.29 is 22.4 Å². The van der Waals surface area contributed by atoms with Crippen LogP contribution in [0.15, 0.2) is 53.7 Å². The van der Waals surface area contributed by atoms with E-state index in [0.29, 0.717) is 41.1 Å². The van der Waals surface area contributed by atoms with Crippen LogP contribution in [0.25, 0.3) is 22.8 Å². The monoisotopic (exact) mass is 484 g/mol. The van der Waals surface area contributed by atoms with Crippen molar-refractivity contribution >= 4 is 0 Å². The summed E-state index contributed by atoms with van der Waals surface area (Å²) in [5.41, 5.74) is 1.56. The zero-order chi connectivity index (χ0) is 24.4. The number of ether oxygens (including phenoxy) is 1. The third kappa shape index (κ3) is 4.83. The van der Waals surface area contributed by atoms with Crippen LogP contribution in [0.1, 0.15) is 17.0 Å². The summed E-state index contributed by atoms with van der Waals surface area (Å²) < 4.78 is 50.7. The van der Waals surface area contributed by atoms with Crippen LogP contribution in [0.5, 0.6) is 5.88 Å². The zero-order valence-corrected chi connectivity index (χ0v) is 18.0. The molecule has 0 spiro atoms. The topological polar surface area (TPSA) is 135 Å². The van der Waals surface area contributed by atoms with Crippen molar-refractivity contribution in [3.05, 3.63) is 66.1 Å². The van der Waals surface area contributed by atoms with Gasteiger partial charge >= 0.3 is 6.18 Å². The molecule has 0 amide bonds. The smallest absolute Gasteiger partial charge is 0.417 e. The Morgan fingerprint density at radius 1 is 1.09 bits per heavy atom. The van der Waals surface area contributed by atoms with Gasteiger partial charge in [-0.2, -0.15) is 28.1 Å². The molecule has 35 heavy (non-hydrogen) atoms. The molecule has 0 aliphatic heterocycles. The fourth-order valence-electron chi connectivity index (χ4n) is 3.15. The maximum atomic E-state index is 12.7. The first-order valence-corrected chi connectivity index (χ1v) is 10.0. The lowest BCUT2D eigenvalue weighted by molar-refractivity contribution is -0.137. The van der Waals surface area contributed by atoms with Crippen molar-refractivity contribution in [1.29, 1.82) is 0 Å². The highest BCUT2D eigenvalue weighted by Crippen LogP contribution is 2.30. The molecule has 178 valence electrons. The molecule has 0 N–H and O–H groups in total. The second-order valence-electron chi connectivity index (χ2n) is 7.23. The predicted octanol–water partition coefficient (Wildman–Crippen LogP) is 2.56. The number of aromatic nitrogens is 10. The minimum atomic E-state index is -4.47. The van der Waals surface area contributed by atoms with Gasteiger partial charge < -0.3 is 9.26 Å². The first-order valence-electron chi connectivity index (χ1n) is 10.0. The third-order valence-corrected chi connectivity index (χ3v) is 4.91. The predicted molar refractivity (Wildman–Crippen MR) is 110 cm³/mol. The van der Waals surface area contributed by atoms with Crippen LogP contribution in [0.2, 0.25) is 0 Å². The summed E-state index contributed by atoms with van der Waals surface area (Å²) in [7, 11) is 1.69. The van der Waals surface area contributed by atoms with Gasteiger partial charge in [0.15, 0.2) is 6.33 Å². The van der Waals surface area contributed by atoms with Gasteiger partial charge in [-0.25, -0.2) is 4.98 Å². The lowest BCUT2D eigenvalue weighted by Gasteiger charge is -2.09. The van der Waals surface area contributed by atoms with Crippen LogP contribution in [0.4, 0.5) is 13.2 Å². The number of hydrogen-bond donors (Lipinski definition) is 0. The van der Waals surface area contributed by atoms with E-state index in [-0.39, 0.29) is 18.4 Å². The fraction of sp³-hybridized carbons (Fsp3) is 0.200. The molecule has 0 bridgehead atoms. The van der Waals surface area contributed by atoms with Gasteiger partial charge in [0.2, 0.25) is 11.7 Å². The summed E-state index contributed by atoms with van der Waals surface area (Å²) in [6.45, 7) is 0.285. The molecule has 0 fully saturated rings. The van der Waals surface area contributed by atoms with Gasteiger partial charge in [0.05, 0.1) is 28.7 Å². The largest absolute Gasteiger partial charge is 0.471 e. The molecular weight excluding hydrogens is 469 g/mol. The number of alkyl halides is 3. The van der Waals surface area contributed by atoms with Crippen molar-refractivity contribution in [3.8, 4) is 28.7 Å². The summed E-state index contributed by atoms with van der Waals surface area (Å²) in [6, 6.07) is 5.57. The normalized spacial score (nSPS) is 11.7. The standard InChI is InChI=1S/C20H15F3N10O2/c1-32-16(10-34-17-3-2-13(7-25-17)20(21,22)23)15(8-27-32)19-29-18(30-35-19)12-4-5-24-14(6-12)9-33-28-11-26-31-33/h2-8,11H,9-10H2,1H3. The number of tetrazole rings is 1. The summed E-state index contributed by atoms with van der Waals surface area (Å²) >= 11 is 0. The molecule has 0 saturated carbocycles. The molecule has 5 aromatic heterocycles. The summed E-state index contributed by atoms with van der Waals surface area (Å²) in [5.74, 6) is 0.557. The Balaban J connectivity index is 1.33. The van der Waals surface area contributed by atoms with Gasteiger partial charge in [0.1, 0.15) is 13.2 Å². The molecular formula is C20H15F3N10O2. The Hall–Kier alpha value is -4.69. The molecule has 15 heteroatoms. The van der Waals surface area contributed by atoms with E-state index >= 15 is 0 Å². The second kappa shape index (κ2) is 8.92. The number of nitrogens with zero attached hydrogens (tertiary/aromatic N) is 10. The molecule has 5 aromatic rings. The van der Waals surface area contributed by atoms with Crippen molar-refractivity contribution in [3.63, 3.8) is 0 Å². The van der Waals surface area contributed by atoms with Gasteiger partial charge in [-0.15, -0.1) is 10.2 Å². The van der Waals surface area contributed by atoms with Crippen LogP contribution < -0.4 is 4.74 Å². The first kappa shape index (κ1) is 22.1.